The van der Waals surface area contributed by atoms with Gasteiger partial charge in [-0.2, -0.15) is 0 Å². The molecule has 1 aliphatic rings. The second kappa shape index (κ2) is 4.58. The third-order valence-electron chi connectivity index (χ3n) is 2.70. The van der Waals surface area contributed by atoms with Crippen LogP contribution in [0.25, 0.3) is 0 Å². The molecule has 0 aromatic heterocycles. The number of ether oxygens (including phenoxy) is 1. The maximum atomic E-state index is 10.8. The van der Waals surface area contributed by atoms with E-state index in [0.29, 0.717) is 13.1 Å². The summed E-state index contributed by atoms with van der Waals surface area (Å²) in [6.45, 7) is 4.36. The first-order valence-electron chi connectivity index (χ1n) is 4.71. The predicted molar refractivity (Wildman–Crippen MR) is 50.2 cm³/mol. The molecule has 0 unspecified atom stereocenters. The standard InChI is InChI=1S/C9H18N2O2/c1-8(12)11-7-9(6-10)2-4-13-5-3-9/h2-7,10H2,1H3,(H,11,12). The molecule has 0 radical (unpaired) electrons. The molecule has 1 saturated heterocycles. The fourth-order valence-corrected chi connectivity index (χ4v) is 1.57. The fourth-order valence-electron chi connectivity index (χ4n) is 1.57. The molecule has 4 nitrogen and oxygen atoms in total. The van der Waals surface area contributed by atoms with E-state index in [9.17, 15) is 4.79 Å². The molecule has 0 aliphatic carbocycles. The van der Waals surface area contributed by atoms with E-state index in [0.717, 1.165) is 26.1 Å². The van der Waals surface area contributed by atoms with Crippen molar-refractivity contribution in [1.29, 1.82) is 0 Å². The van der Waals surface area contributed by atoms with Crippen LogP contribution < -0.4 is 11.1 Å². The molecule has 1 aliphatic heterocycles. The lowest BCUT2D eigenvalue weighted by Crippen LogP contribution is -2.45. The average Bonchev–Trinajstić information content (AvgIpc) is 2.16. The van der Waals surface area contributed by atoms with Gasteiger partial charge in [0.25, 0.3) is 0 Å². The van der Waals surface area contributed by atoms with Gasteiger partial charge in [-0.25, -0.2) is 0 Å². The van der Waals surface area contributed by atoms with Crippen LogP contribution >= 0.6 is 0 Å². The van der Waals surface area contributed by atoms with Crippen molar-refractivity contribution in [3.05, 3.63) is 0 Å². The van der Waals surface area contributed by atoms with Gasteiger partial charge in [0.1, 0.15) is 0 Å². The molecule has 1 amide bonds. The lowest BCUT2D eigenvalue weighted by Gasteiger charge is -2.36. The molecule has 1 fully saturated rings. The van der Waals surface area contributed by atoms with Crippen LogP contribution in [0, 0.1) is 5.41 Å². The minimum atomic E-state index is 0.0133. The Balaban J connectivity index is 2.42. The van der Waals surface area contributed by atoms with Crippen LogP contribution in [0.4, 0.5) is 0 Å². The summed E-state index contributed by atoms with van der Waals surface area (Å²) in [5.74, 6) is 0.0133. The highest BCUT2D eigenvalue weighted by atomic mass is 16.5. The first-order chi connectivity index (χ1) is 6.18. The molecule has 1 heterocycles. The molecular formula is C9H18N2O2. The van der Waals surface area contributed by atoms with Gasteiger partial charge in [0, 0.05) is 32.1 Å². The Morgan fingerprint density at radius 3 is 2.62 bits per heavy atom. The third kappa shape index (κ3) is 2.97. The summed E-state index contributed by atoms with van der Waals surface area (Å²) in [5.41, 5.74) is 5.79. The van der Waals surface area contributed by atoms with Crippen LogP contribution in [0.2, 0.25) is 0 Å². The van der Waals surface area contributed by atoms with E-state index in [1.54, 1.807) is 0 Å². The number of nitrogens with one attached hydrogen (secondary N) is 1. The first kappa shape index (κ1) is 10.5. The Hall–Kier alpha value is -0.610. The molecule has 0 aromatic rings. The van der Waals surface area contributed by atoms with E-state index in [-0.39, 0.29) is 11.3 Å². The lowest BCUT2D eigenvalue weighted by atomic mass is 9.80. The number of hydrogen-bond acceptors (Lipinski definition) is 3. The summed E-state index contributed by atoms with van der Waals surface area (Å²) in [5, 5.41) is 2.83. The van der Waals surface area contributed by atoms with Gasteiger partial charge >= 0.3 is 0 Å². The van der Waals surface area contributed by atoms with Crippen molar-refractivity contribution in [2.45, 2.75) is 19.8 Å². The predicted octanol–water partition coefficient (Wildman–Crippen LogP) is -0.122. The summed E-state index contributed by atoms with van der Waals surface area (Å²) in [7, 11) is 0. The van der Waals surface area contributed by atoms with Crippen LogP contribution in [0.3, 0.4) is 0 Å². The number of rotatable bonds is 3. The van der Waals surface area contributed by atoms with E-state index in [1.807, 2.05) is 0 Å². The highest BCUT2D eigenvalue weighted by molar-refractivity contribution is 5.72. The monoisotopic (exact) mass is 186 g/mol. The van der Waals surface area contributed by atoms with Crippen molar-refractivity contribution in [3.63, 3.8) is 0 Å². The topological polar surface area (TPSA) is 64.4 Å². The Labute approximate surface area is 78.8 Å². The maximum absolute atomic E-state index is 10.8. The zero-order valence-electron chi connectivity index (χ0n) is 8.14. The molecule has 0 aromatic carbocycles. The summed E-state index contributed by atoms with van der Waals surface area (Å²) < 4.78 is 5.27. The molecule has 0 saturated carbocycles. The van der Waals surface area contributed by atoms with Crippen molar-refractivity contribution < 1.29 is 9.53 Å². The Bertz CT molecular complexity index is 176. The minimum Gasteiger partial charge on any atom is -0.381 e. The van der Waals surface area contributed by atoms with Gasteiger partial charge < -0.3 is 15.8 Å². The summed E-state index contributed by atoms with van der Waals surface area (Å²) in [6.07, 6.45) is 1.90. The van der Waals surface area contributed by atoms with Gasteiger partial charge in [0.2, 0.25) is 5.91 Å². The van der Waals surface area contributed by atoms with Crippen molar-refractivity contribution >= 4 is 5.91 Å². The molecule has 76 valence electrons. The van der Waals surface area contributed by atoms with Crippen molar-refractivity contribution in [2.24, 2.45) is 11.1 Å². The van der Waals surface area contributed by atoms with E-state index in [1.165, 1.54) is 6.92 Å². The Kier molecular flexibility index (Phi) is 3.69. The molecule has 0 bridgehead atoms. The second-order valence-corrected chi connectivity index (χ2v) is 3.73. The van der Waals surface area contributed by atoms with Crippen LogP contribution in [0.5, 0.6) is 0 Å². The van der Waals surface area contributed by atoms with Crippen LogP contribution in [0.1, 0.15) is 19.8 Å². The molecule has 1 rings (SSSR count). The fraction of sp³-hybridized carbons (Fsp3) is 0.889. The number of nitrogens with two attached hydrogens (primary N) is 1. The number of hydrogen-bond donors (Lipinski definition) is 2. The van der Waals surface area contributed by atoms with Crippen molar-refractivity contribution in [1.82, 2.24) is 5.32 Å². The quantitative estimate of drug-likeness (QED) is 0.645. The lowest BCUT2D eigenvalue weighted by molar-refractivity contribution is -0.119. The van der Waals surface area contributed by atoms with Crippen molar-refractivity contribution in [2.75, 3.05) is 26.3 Å². The van der Waals surface area contributed by atoms with E-state index < -0.39 is 0 Å². The maximum Gasteiger partial charge on any atom is 0.216 e. The Morgan fingerprint density at radius 2 is 2.15 bits per heavy atom. The van der Waals surface area contributed by atoms with Gasteiger partial charge in [-0.05, 0) is 19.4 Å². The van der Waals surface area contributed by atoms with E-state index in [4.69, 9.17) is 10.5 Å². The third-order valence-corrected chi connectivity index (χ3v) is 2.70. The number of carbonyl (C=O) groups is 1. The first-order valence-corrected chi connectivity index (χ1v) is 4.71. The van der Waals surface area contributed by atoms with E-state index >= 15 is 0 Å². The number of carbonyl (C=O) groups excluding carboxylic acids is 1. The van der Waals surface area contributed by atoms with Gasteiger partial charge in [0.05, 0.1) is 0 Å². The highest BCUT2D eigenvalue weighted by Gasteiger charge is 2.31. The molecule has 0 atom stereocenters. The van der Waals surface area contributed by atoms with E-state index in [2.05, 4.69) is 5.32 Å². The molecule has 13 heavy (non-hydrogen) atoms. The van der Waals surface area contributed by atoms with Crippen LogP contribution in [-0.4, -0.2) is 32.2 Å². The molecular weight excluding hydrogens is 168 g/mol. The highest BCUT2D eigenvalue weighted by Crippen LogP contribution is 2.28. The number of amides is 1. The second-order valence-electron chi connectivity index (χ2n) is 3.73. The largest absolute Gasteiger partial charge is 0.381 e. The zero-order valence-corrected chi connectivity index (χ0v) is 8.14. The van der Waals surface area contributed by atoms with Gasteiger partial charge in [-0.1, -0.05) is 0 Å². The molecule has 3 N–H and O–H groups in total. The van der Waals surface area contributed by atoms with Gasteiger partial charge in [0.15, 0.2) is 0 Å². The van der Waals surface area contributed by atoms with Crippen molar-refractivity contribution in [3.8, 4) is 0 Å². The summed E-state index contributed by atoms with van der Waals surface area (Å²) >= 11 is 0. The molecule has 0 spiro atoms. The summed E-state index contributed by atoms with van der Waals surface area (Å²) in [6, 6.07) is 0. The Morgan fingerprint density at radius 1 is 1.54 bits per heavy atom. The zero-order chi connectivity index (χ0) is 9.73. The normalized spacial score (nSPS) is 21.1. The summed E-state index contributed by atoms with van der Waals surface area (Å²) in [4.78, 5) is 10.8. The minimum absolute atomic E-state index is 0.0133. The van der Waals surface area contributed by atoms with Gasteiger partial charge in [-0.15, -0.1) is 0 Å². The average molecular weight is 186 g/mol. The smallest absolute Gasteiger partial charge is 0.216 e. The van der Waals surface area contributed by atoms with Crippen LogP contribution in [-0.2, 0) is 9.53 Å². The van der Waals surface area contributed by atoms with Crippen LogP contribution in [0.15, 0.2) is 0 Å². The SMILES string of the molecule is CC(=O)NCC1(CN)CCOCC1. The molecule has 4 heteroatoms. The van der Waals surface area contributed by atoms with Gasteiger partial charge in [-0.3, -0.25) is 4.79 Å².